The highest BCUT2D eigenvalue weighted by Gasteiger charge is 1.99. The molecule has 0 heterocycles. The van der Waals surface area contributed by atoms with Crippen LogP contribution in [0.3, 0.4) is 0 Å². The number of benzene rings is 2. The fourth-order valence-electron chi connectivity index (χ4n) is 7.22. The summed E-state index contributed by atoms with van der Waals surface area (Å²) >= 11 is 0. The Labute approximate surface area is 311 Å². The van der Waals surface area contributed by atoms with Gasteiger partial charge in [0.25, 0.3) is 0 Å². The molecule has 0 radical (unpaired) electrons. The molecule has 2 heteroatoms. The number of unbranched alkanes of at least 4 members (excludes halogenated alkanes) is 28. The lowest BCUT2D eigenvalue weighted by Gasteiger charge is -2.04. The summed E-state index contributed by atoms with van der Waals surface area (Å²) in [5.41, 5.74) is 4.85. The lowest BCUT2D eigenvalue weighted by Crippen LogP contribution is -1.87. The third kappa shape index (κ3) is 26.6. The van der Waals surface area contributed by atoms with Crippen molar-refractivity contribution < 1.29 is 0 Å². The molecule has 0 saturated heterocycles. The molecule has 50 heavy (non-hydrogen) atoms. The molecular formula is C48H80N2. The van der Waals surface area contributed by atoms with Crippen LogP contribution in [0.15, 0.2) is 58.5 Å². The minimum atomic E-state index is 1.02. The Morgan fingerprint density at radius 2 is 0.600 bits per heavy atom. The zero-order chi connectivity index (χ0) is 35.4. The van der Waals surface area contributed by atoms with Gasteiger partial charge in [0.15, 0.2) is 0 Å². The van der Waals surface area contributed by atoms with Crippen molar-refractivity contribution in [3.63, 3.8) is 0 Å². The summed E-state index contributed by atoms with van der Waals surface area (Å²) in [5, 5.41) is 0. The molecule has 2 aromatic rings. The largest absolute Gasteiger partial charge is 0.255 e. The zero-order valence-electron chi connectivity index (χ0n) is 33.3. The van der Waals surface area contributed by atoms with Crippen LogP contribution >= 0.6 is 0 Å². The Morgan fingerprint density at radius 3 is 0.880 bits per heavy atom. The molecule has 0 saturated carbocycles. The first-order valence-electron chi connectivity index (χ1n) is 22.1. The van der Waals surface area contributed by atoms with E-state index in [4.69, 9.17) is 0 Å². The third-order valence-corrected chi connectivity index (χ3v) is 10.5. The van der Waals surface area contributed by atoms with E-state index in [9.17, 15) is 0 Å². The zero-order valence-corrected chi connectivity index (χ0v) is 33.3. The Kier molecular flexibility index (Phi) is 29.8. The van der Waals surface area contributed by atoms with Crippen LogP contribution in [0.2, 0.25) is 0 Å². The maximum atomic E-state index is 4.67. The van der Waals surface area contributed by atoms with Crippen LogP contribution in [0.1, 0.15) is 218 Å². The summed E-state index contributed by atoms with van der Waals surface area (Å²) in [7, 11) is 0. The second-order valence-electron chi connectivity index (χ2n) is 15.3. The van der Waals surface area contributed by atoms with Crippen molar-refractivity contribution in [2.75, 3.05) is 0 Å². The first-order chi connectivity index (χ1) is 24.8. The molecule has 0 aromatic heterocycles. The number of nitrogens with zero attached hydrogens (tertiary/aromatic N) is 2. The minimum Gasteiger partial charge on any atom is -0.255 e. The highest BCUT2D eigenvalue weighted by atomic mass is 14.8. The minimum absolute atomic E-state index is 1.02. The molecule has 0 aliphatic heterocycles. The van der Waals surface area contributed by atoms with Crippen LogP contribution in [-0.2, 0) is 12.8 Å². The Bertz CT molecular complexity index is 984. The van der Waals surface area contributed by atoms with Gasteiger partial charge in [-0.2, -0.15) is 0 Å². The summed E-state index contributed by atoms with van der Waals surface area (Å²) in [6, 6.07) is 17.5. The molecule has 2 aromatic carbocycles. The fourth-order valence-corrected chi connectivity index (χ4v) is 7.22. The molecule has 0 bridgehead atoms. The van der Waals surface area contributed by atoms with Gasteiger partial charge >= 0.3 is 0 Å². The lowest BCUT2D eigenvalue weighted by atomic mass is 10.0. The summed E-state index contributed by atoms with van der Waals surface area (Å²) in [4.78, 5) is 9.35. The van der Waals surface area contributed by atoms with Crippen molar-refractivity contribution in [1.29, 1.82) is 0 Å². The summed E-state index contributed by atoms with van der Waals surface area (Å²) in [6.07, 6.45) is 48.4. The smallest absolute Gasteiger partial charge is 0.0633 e. The van der Waals surface area contributed by atoms with Crippen LogP contribution in [0.25, 0.3) is 0 Å². The maximum Gasteiger partial charge on any atom is 0.0633 e. The second-order valence-corrected chi connectivity index (χ2v) is 15.3. The van der Waals surface area contributed by atoms with E-state index in [1.807, 2.05) is 12.4 Å². The van der Waals surface area contributed by atoms with Gasteiger partial charge in [-0.15, -0.1) is 0 Å². The van der Waals surface area contributed by atoms with E-state index in [2.05, 4.69) is 72.4 Å². The Hall–Kier alpha value is -2.22. The van der Waals surface area contributed by atoms with Gasteiger partial charge < -0.3 is 0 Å². The van der Waals surface area contributed by atoms with Gasteiger partial charge in [0.05, 0.1) is 11.4 Å². The topological polar surface area (TPSA) is 24.7 Å². The average Bonchev–Trinajstić information content (AvgIpc) is 3.14. The van der Waals surface area contributed by atoms with E-state index in [0.29, 0.717) is 0 Å². The SMILES string of the molecule is CCCCCCCCCCCCCCCCCc1cccc(N=CC=Nc2cccc(CCCCCCCCCCCCCCCCC)c2)c1. The van der Waals surface area contributed by atoms with Crippen molar-refractivity contribution in [2.24, 2.45) is 9.98 Å². The fraction of sp³-hybridized carbons (Fsp3) is 0.708. The van der Waals surface area contributed by atoms with E-state index in [1.54, 1.807) is 0 Å². The van der Waals surface area contributed by atoms with Crippen molar-refractivity contribution in [2.45, 2.75) is 219 Å². The molecule has 0 atom stereocenters. The molecule has 2 rings (SSSR count). The van der Waals surface area contributed by atoms with Crippen LogP contribution in [0.5, 0.6) is 0 Å². The molecular weight excluding hydrogens is 605 g/mol. The number of hydrogen-bond donors (Lipinski definition) is 0. The molecule has 0 spiro atoms. The van der Waals surface area contributed by atoms with Gasteiger partial charge in [-0.3, -0.25) is 9.98 Å². The van der Waals surface area contributed by atoms with Crippen molar-refractivity contribution in [3.05, 3.63) is 59.7 Å². The van der Waals surface area contributed by atoms with Gasteiger partial charge in [0.1, 0.15) is 0 Å². The van der Waals surface area contributed by atoms with Crippen molar-refractivity contribution in [3.8, 4) is 0 Å². The number of rotatable bonds is 35. The van der Waals surface area contributed by atoms with Crippen LogP contribution in [0, 0.1) is 0 Å². The van der Waals surface area contributed by atoms with E-state index in [0.717, 1.165) is 24.2 Å². The Morgan fingerprint density at radius 1 is 0.340 bits per heavy atom. The van der Waals surface area contributed by atoms with Gasteiger partial charge in [-0.25, -0.2) is 0 Å². The lowest BCUT2D eigenvalue weighted by molar-refractivity contribution is 0.532. The predicted octanol–water partition coefficient (Wildman–Crippen LogP) is 16.6. The van der Waals surface area contributed by atoms with E-state index in [-0.39, 0.29) is 0 Å². The normalized spacial score (nSPS) is 11.8. The van der Waals surface area contributed by atoms with Crippen LogP contribution in [0.4, 0.5) is 11.4 Å². The first-order valence-corrected chi connectivity index (χ1v) is 22.1. The second kappa shape index (κ2) is 33.9. The van der Waals surface area contributed by atoms with Crippen LogP contribution < -0.4 is 0 Å². The van der Waals surface area contributed by atoms with E-state index in [1.165, 1.54) is 204 Å². The first kappa shape index (κ1) is 43.9. The van der Waals surface area contributed by atoms with E-state index < -0.39 is 0 Å². The molecule has 0 unspecified atom stereocenters. The standard InChI is InChI=1S/C48H80N2/c1-3-5-7-9-11-13-15-17-19-21-23-25-27-29-31-35-45-37-33-39-47(43-45)49-41-42-50-48-40-34-38-46(44-48)36-32-30-28-26-24-22-20-18-16-14-12-10-8-6-4-2/h33-34,37-44H,3-32,35-36H2,1-2H3. The highest BCUT2D eigenvalue weighted by molar-refractivity contribution is 6.17. The number of aryl methyl sites for hydroxylation is 2. The van der Waals surface area contributed by atoms with Gasteiger partial charge in [0, 0.05) is 12.4 Å². The Balaban J connectivity index is 1.47. The van der Waals surface area contributed by atoms with Crippen LogP contribution in [-0.4, -0.2) is 12.4 Å². The van der Waals surface area contributed by atoms with Gasteiger partial charge in [-0.05, 0) is 61.1 Å². The summed E-state index contributed by atoms with van der Waals surface area (Å²) in [5.74, 6) is 0. The predicted molar refractivity (Wildman–Crippen MR) is 226 cm³/mol. The van der Waals surface area contributed by atoms with Crippen molar-refractivity contribution >= 4 is 23.8 Å². The molecule has 0 amide bonds. The maximum absolute atomic E-state index is 4.67. The molecule has 0 aliphatic rings. The van der Waals surface area contributed by atoms with Gasteiger partial charge in [0.2, 0.25) is 0 Å². The number of hydrogen-bond acceptors (Lipinski definition) is 2. The highest BCUT2D eigenvalue weighted by Crippen LogP contribution is 2.19. The van der Waals surface area contributed by atoms with Crippen molar-refractivity contribution in [1.82, 2.24) is 0 Å². The number of aliphatic imine (C=N–C) groups is 2. The summed E-state index contributed by atoms with van der Waals surface area (Å²) in [6.45, 7) is 4.60. The third-order valence-electron chi connectivity index (χ3n) is 10.5. The molecule has 0 aliphatic carbocycles. The molecule has 282 valence electrons. The molecule has 0 N–H and O–H groups in total. The quantitative estimate of drug-likeness (QED) is 0.0510. The average molecular weight is 685 g/mol. The monoisotopic (exact) mass is 685 g/mol. The van der Waals surface area contributed by atoms with E-state index >= 15 is 0 Å². The molecule has 0 fully saturated rings. The molecule has 2 nitrogen and oxygen atoms in total. The summed E-state index contributed by atoms with van der Waals surface area (Å²) < 4.78 is 0. The van der Waals surface area contributed by atoms with Gasteiger partial charge in [-0.1, -0.05) is 218 Å².